The summed E-state index contributed by atoms with van der Waals surface area (Å²) < 4.78 is 3.88. The molecule has 1 saturated carbocycles. The fourth-order valence-electron chi connectivity index (χ4n) is 2.72. The Bertz CT molecular complexity index is 453. The van der Waals surface area contributed by atoms with E-state index < -0.39 is 5.54 Å². The van der Waals surface area contributed by atoms with Crippen molar-refractivity contribution in [3.63, 3.8) is 0 Å². The fraction of sp³-hybridized carbons (Fsp3) is 0.786. The molecule has 0 bridgehead atoms. The molecule has 0 atom stereocenters. The van der Waals surface area contributed by atoms with Crippen LogP contribution in [0.3, 0.4) is 0 Å². The lowest BCUT2D eigenvalue weighted by Crippen LogP contribution is -2.53. The van der Waals surface area contributed by atoms with E-state index in [1.54, 1.807) is 0 Å². The van der Waals surface area contributed by atoms with E-state index in [1.807, 2.05) is 0 Å². The molecule has 1 fully saturated rings. The number of amides is 1. The van der Waals surface area contributed by atoms with Gasteiger partial charge >= 0.3 is 0 Å². The second kappa shape index (κ2) is 6.63. The minimum atomic E-state index is -0.461. The zero-order valence-corrected chi connectivity index (χ0v) is 13.0. The van der Waals surface area contributed by atoms with Crippen LogP contribution in [0.5, 0.6) is 0 Å². The van der Waals surface area contributed by atoms with E-state index in [0.29, 0.717) is 10.8 Å². The Morgan fingerprint density at radius 1 is 1.50 bits per heavy atom. The van der Waals surface area contributed by atoms with Gasteiger partial charge in [-0.05, 0) is 49.6 Å². The highest BCUT2D eigenvalue weighted by molar-refractivity contribution is 7.08. The van der Waals surface area contributed by atoms with E-state index >= 15 is 0 Å². The van der Waals surface area contributed by atoms with Gasteiger partial charge in [0.25, 0.3) is 5.91 Å². The van der Waals surface area contributed by atoms with Crippen molar-refractivity contribution in [3.05, 3.63) is 10.6 Å². The minimum Gasteiger partial charge on any atom is -0.394 e. The van der Waals surface area contributed by atoms with Gasteiger partial charge in [-0.2, -0.15) is 0 Å². The summed E-state index contributed by atoms with van der Waals surface area (Å²) >= 11 is 1.14. The van der Waals surface area contributed by atoms with Crippen molar-refractivity contribution in [1.82, 2.24) is 14.9 Å². The van der Waals surface area contributed by atoms with Crippen LogP contribution in [0.4, 0.5) is 0 Å². The summed E-state index contributed by atoms with van der Waals surface area (Å²) in [5.41, 5.74) is 0.309. The van der Waals surface area contributed by atoms with Gasteiger partial charge in [-0.25, -0.2) is 0 Å². The van der Waals surface area contributed by atoms with Gasteiger partial charge in [-0.15, -0.1) is 5.10 Å². The average Bonchev–Trinajstić information content (AvgIpc) is 2.90. The first-order chi connectivity index (χ1) is 9.60. The number of nitrogens with zero attached hydrogens (tertiary/aromatic N) is 2. The average molecular weight is 297 g/mol. The molecule has 1 heterocycles. The second-order valence-corrected chi connectivity index (χ2v) is 6.63. The van der Waals surface area contributed by atoms with Crippen molar-refractivity contribution < 1.29 is 9.90 Å². The zero-order valence-electron chi connectivity index (χ0n) is 12.2. The lowest BCUT2D eigenvalue weighted by molar-refractivity contribution is 0.0719. The Kier molecular flexibility index (Phi) is 5.10. The quantitative estimate of drug-likeness (QED) is 0.873. The number of aliphatic hydroxyl groups is 1. The summed E-state index contributed by atoms with van der Waals surface area (Å²) in [7, 11) is 0. The minimum absolute atomic E-state index is 0.000797. The van der Waals surface area contributed by atoms with Crippen molar-refractivity contribution in [3.8, 4) is 0 Å². The molecule has 112 valence electrons. The summed E-state index contributed by atoms with van der Waals surface area (Å²) in [6, 6.07) is 0. The first-order valence-corrected chi connectivity index (χ1v) is 8.12. The van der Waals surface area contributed by atoms with E-state index in [-0.39, 0.29) is 12.5 Å². The van der Waals surface area contributed by atoms with E-state index in [1.165, 1.54) is 0 Å². The highest BCUT2D eigenvalue weighted by atomic mass is 32.1. The molecule has 0 saturated heterocycles. The molecule has 1 aromatic heterocycles. The van der Waals surface area contributed by atoms with Gasteiger partial charge in [0.15, 0.2) is 0 Å². The topological polar surface area (TPSA) is 75.1 Å². The molecule has 0 spiro atoms. The van der Waals surface area contributed by atoms with Crippen LogP contribution in [-0.4, -0.2) is 32.7 Å². The van der Waals surface area contributed by atoms with Crippen LogP contribution in [0, 0.1) is 5.92 Å². The maximum atomic E-state index is 12.4. The highest BCUT2D eigenvalue weighted by Gasteiger charge is 2.36. The van der Waals surface area contributed by atoms with Gasteiger partial charge in [0, 0.05) is 0 Å². The second-order valence-electron chi connectivity index (χ2n) is 5.87. The Balaban J connectivity index is 2.07. The largest absolute Gasteiger partial charge is 0.394 e. The molecule has 5 nitrogen and oxygen atoms in total. The van der Waals surface area contributed by atoms with E-state index in [9.17, 15) is 9.90 Å². The Morgan fingerprint density at radius 3 is 2.80 bits per heavy atom. The molecule has 1 aliphatic carbocycles. The maximum Gasteiger partial charge on any atom is 0.265 e. The van der Waals surface area contributed by atoms with Gasteiger partial charge in [0.05, 0.1) is 17.8 Å². The number of rotatable bonds is 5. The van der Waals surface area contributed by atoms with Crippen molar-refractivity contribution in [2.75, 3.05) is 6.61 Å². The van der Waals surface area contributed by atoms with Gasteiger partial charge in [0.2, 0.25) is 0 Å². The molecule has 0 radical (unpaired) electrons. The van der Waals surface area contributed by atoms with Crippen LogP contribution in [0.1, 0.15) is 61.3 Å². The van der Waals surface area contributed by atoms with E-state index in [0.717, 1.165) is 55.8 Å². The van der Waals surface area contributed by atoms with Crippen molar-refractivity contribution in [2.45, 2.75) is 57.9 Å². The number of hydrogen-bond acceptors (Lipinski definition) is 5. The monoisotopic (exact) mass is 297 g/mol. The van der Waals surface area contributed by atoms with Gasteiger partial charge in [0.1, 0.15) is 4.88 Å². The first kappa shape index (κ1) is 15.4. The number of carbonyl (C=O) groups is 1. The molecule has 1 amide bonds. The summed E-state index contributed by atoms with van der Waals surface area (Å²) in [6.07, 6.45) is 5.47. The maximum absolute atomic E-state index is 12.4. The molecule has 20 heavy (non-hydrogen) atoms. The summed E-state index contributed by atoms with van der Waals surface area (Å²) in [6.45, 7) is 4.27. The van der Waals surface area contributed by atoms with Crippen LogP contribution in [0.2, 0.25) is 0 Å². The molecule has 2 rings (SSSR count). The standard InChI is InChI=1S/C14H23N3O2S/c1-3-4-11-12(20-17-16-11)13(19)15-14(9-18)7-5-10(2)6-8-14/h10,18H,3-9H2,1-2H3,(H,15,19). The van der Waals surface area contributed by atoms with Crippen LogP contribution >= 0.6 is 11.5 Å². The number of nitrogens with one attached hydrogen (secondary N) is 1. The summed E-state index contributed by atoms with van der Waals surface area (Å²) in [4.78, 5) is 13.0. The number of hydrogen-bond donors (Lipinski definition) is 2. The van der Waals surface area contributed by atoms with Gasteiger partial charge in [-0.3, -0.25) is 4.79 Å². The predicted molar refractivity (Wildman–Crippen MR) is 78.8 cm³/mol. The zero-order chi connectivity index (χ0) is 14.6. The smallest absolute Gasteiger partial charge is 0.265 e. The van der Waals surface area contributed by atoms with Crippen molar-refractivity contribution in [2.24, 2.45) is 5.92 Å². The molecule has 6 heteroatoms. The molecular weight excluding hydrogens is 274 g/mol. The van der Waals surface area contributed by atoms with Crippen LogP contribution in [0.25, 0.3) is 0 Å². The Hall–Kier alpha value is -1.01. The third-order valence-electron chi connectivity index (χ3n) is 4.16. The van der Waals surface area contributed by atoms with Crippen LogP contribution in [-0.2, 0) is 6.42 Å². The van der Waals surface area contributed by atoms with Crippen LogP contribution in [0.15, 0.2) is 0 Å². The number of aryl methyl sites for hydroxylation is 1. The molecular formula is C14H23N3O2S. The van der Waals surface area contributed by atoms with Crippen LogP contribution < -0.4 is 5.32 Å². The summed E-state index contributed by atoms with van der Waals surface area (Å²) in [5, 5.41) is 16.8. The molecule has 0 aliphatic heterocycles. The fourth-order valence-corrected chi connectivity index (χ4v) is 3.32. The van der Waals surface area contributed by atoms with Crippen molar-refractivity contribution in [1.29, 1.82) is 0 Å². The Labute approximate surface area is 123 Å². The molecule has 1 aliphatic rings. The summed E-state index contributed by atoms with van der Waals surface area (Å²) in [5.74, 6) is 0.541. The number of carbonyl (C=O) groups excluding carboxylic acids is 1. The lowest BCUT2D eigenvalue weighted by Gasteiger charge is -2.38. The Morgan fingerprint density at radius 2 is 2.20 bits per heavy atom. The van der Waals surface area contributed by atoms with Gasteiger partial charge in [-0.1, -0.05) is 24.8 Å². The third kappa shape index (κ3) is 3.35. The van der Waals surface area contributed by atoms with Crippen molar-refractivity contribution >= 4 is 17.4 Å². The molecule has 0 aromatic carbocycles. The SMILES string of the molecule is CCCc1nnsc1C(=O)NC1(CO)CCC(C)CC1. The predicted octanol–water partition coefficient (Wildman–Crippen LogP) is 2.16. The first-order valence-electron chi connectivity index (χ1n) is 7.35. The molecule has 1 aromatic rings. The highest BCUT2D eigenvalue weighted by Crippen LogP contribution is 2.32. The molecule has 2 N–H and O–H groups in total. The number of aliphatic hydroxyl groups excluding tert-OH is 1. The van der Waals surface area contributed by atoms with E-state index in [2.05, 4.69) is 28.8 Å². The normalized spacial score (nSPS) is 26.4. The number of aromatic nitrogens is 2. The van der Waals surface area contributed by atoms with Gasteiger partial charge < -0.3 is 10.4 Å². The van der Waals surface area contributed by atoms with E-state index in [4.69, 9.17) is 0 Å². The lowest BCUT2D eigenvalue weighted by atomic mass is 9.77. The third-order valence-corrected chi connectivity index (χ3v) is 4.93. The molecule has 0 unspecified atom stereocenters.